The van der Waals surface area contributed by atoms with Crippen molar-refractivity contribution in [2.75, 3.05) is 0 Å². The summed E-state index contributed by atoms with van der Waals surface area (Å²) in [6.07, 6.45) is 2.13. The molecule has 1 heterocycles. The molecule has 0 saturated carbocycles. The maximum absolute atomic E-state index is 10.8. The highest BCUT2D eigenvalue weighted by molar-refractivity contribution is 8.01. The van der Waals surface area contributed by atoms with E-state index in [2.05, 4.69) is 29.4 Å². The molecule has 0 aliphatic carbocycles. The fraction of sp³-hybridized carbons (Fsp3) is 0.167. The van der Waals surface area contributed by atoms with E-state index in [-0.39, 0.29) is 0 Å². The van der Waals surface area contributed by atoms with Gasteiger partial charge in [0.05, 0.1) is 0 Å². The molecule has 0 aliphatic rings. The van der Waals surface area contributed by atoms with Gasteiger partial charge in [0.15, 0.2) is 8.68 Å². The third-order valence-electron chi connectivity index (χ3n) is 2.30. The van der Waals surface area contributed by atoms with Crippen LogP contribution in [0.2, 0.25) is 0 Å². The van der Waals surface area contributed by atoms with Gasteiger partial charge < -0.3 is 5.11 Å². The minimum absolute atomic E-state index is 0.434. The summed E-state index contributed by atoms with van der Waals surface area (Å²) in [5, 5.41) is 18.5. The van der Waals surface area contributed by atoms with E-state index < -0.39 is 4.93 Å². The molecule has 6 heteroatoms. The zero-order valence-electron chi connectivity index (χ0n) is 9.48. The summed E-state index contributed by atoms with van der Waals surface area (Å²) in [6, 6.07) is 9.49. The molecule has 0 saturated heterocycles. The summed E-state index contributed by atoms with van der Waals surface area (Å²) in [5.41, 5.74) is 0.825. The van der Waals surface area contributed by atoms with Crippen LogP contribution >= 0.6 is 35.7 Å². The number of nitrogens with zero attached hydrogens (tertiary/aromatic N) is 2. The smallest absolute Gasteiger partial charge is 0.178 e. The molecule has 0 aliphatic heterocycles. The Morgan fingerprint density at radius 1 is 1.39 bits per heavy atom. The van der Waals surface area contributed by atoms with Crippen molar-refractivity contribution in [1.29, 1.82) is 0 Å². The van der Waals surface area contributed by atoms with Crippen molar-refractivity contribution in [2.24, 2.45) is 0 Å². The SMILES string of the molecule is C=CCC(O)(Sc1nnc(S)s1)c1ccccc1. The molecule has 0 amide bonds. The lowest BCUT2D eigenvalue weighted by molar-refractivity contribution is 0.141. The average Bonchev–Trinajstić information content (AvgIpc) is 2.76. The highest BCUT2D eigenvalue weighted by Gasteiger charge is 2.30. The molecule has 2 rings (SSSR count). The quantitative estimate of drug-likeness (QED) is 0.384. The highest BCUT2D eigenvalue weighted by Crippen LogP contribution is 2.43. The third kappa shape index (κ3) is 3.14. The standard InChI is InChI=1S/C12H12N2OS3/c1-2-8-12(15,9-6-4-3-5-7-9)18-11-14-13-10(16)17-11/h2-7,15H,1,8H2,(H,13,16). The lowest BCUT2D eigenvalue weighted by Gasteiger charge is -2.25. The molecular weight excluding hydrogens is 284 g/mol. The van der Waals surface area contributed by atoms with Gasteiger partial charge in [-0.25, -0.2) is 0 Å². The maximum Gasteiger partial charge on any atom is 0.178 e. The number of hydrogen-bond acceptors (Lipinski definition) is 6. The normalized spacial score (nSPS) is 14.1. The fourth-order valence-corrected chi connectivity index (χ4v) is 3.95. The van der Waals surface area contributed by atoms with Crippen molar-refractivity contribution in [1.82, 2.24) is 10.2 Å². The van der Waals surface area contributed by atoms with Crippen LogP contribution in [0, 0.1) is 0 Å². The molecule has 1 unspecified atom stereocenters. The molecule has 2 aromatic rings. The summed E-state index contributed by atoms with van der Waals surface area (Å²) in [6.45, 7) is 3.70. The van der Waals surface area contributed by atoms with Crippen LogP contribution in [0.3, 0.4) is 0 Å². The largest absolute Gasteiger partial charge is 0.374 e. The van der Waals surface area contributed by atoms with E-state index in [1.54, 1.807) is 6.08 Å². The molecular formula is C12H12N2OS3. The van der Waals surface area contributed by atoms with Gasteiger partial charge in [0.1, 0.15) is 4.93 Å². The van der Waals surface area contributed by atoms with E-state index in [4.69, 9.17) is 0 Å². The predicted octanol–water partition coefficient (Wildman–Crippen LogP) is 3.34. The molecule has 1 N–H and O–H groups in total. The van der Waals surface area contributed by atoms with E-state index in [9.17, 15) is 5.11 Å². The Labute approximate surface area is 119 Å². The van der Waals surface area contributed by atoms with Crippen LogP contribution in [0.5, 0.6) is 0 Å². The first kappa shape index (κ1) is 13.6. The molecule has 3 nitrogen and oxygen atoms in total. The van der Waals surface area contributed by atoms with Gasteiger partial charge in [-0.3, -0.25) is 0 Å². The van der Waals surface area contributed by atoms with Gasteiger partial charge in [0.25, 0.3) is 0 Å². The second-order valence-corrected chi connectivity index (χ2v) is 6.82. The van der Waals surface area contributed by atoms with Crippen molar-refractivity contribution in [3.63, 3.8) is 0 Å². The van der Waals surface area contributed by atoms with Crippen LogP contribution in [0.4, 0.5) is 0 Å². The predicted molar refractivity (Wildman–Crippen MR) is 78.2 cm³/mol. The summed E-state index contributed by atoms with van der Waals surface area (Å²) in [5.74, 6) is 0. The first-order valence-corrected chi connectivity index (χ1v) is 7.32. The van der Waals surface area contributed by atoms with Crippen LogP contribution < -0.4 is 0 Å². The summed E-state index contributed by atoms with van der Waals surface area (Å²) < 4.78 is 1.28. The number of aliphatic hydroxyl groups is 1. The highest BCUT2D eigenvalue weighted by atomic mass is 32.2. The van der Waals surface area contributed by atoms with Gasteiger partial charge in [-0.05, 0) is 5.56 Å². The van der Waals surface area contributed by atoms with E-state index in [0.717, 1.165) is 5.56 Å². The van der Waals surface area contributed by atoms with E-state index in [1.807, 2.05) is 30.3 Å². The Bertz CT molecular complexity index is 529. The Hall–Kier alpha value is -0.820. The number of hydrogen-bond donors (Lipinski definition) is 2. The third-order valence-corrected chi connectivity index (χ3v) is 4.68. The van der Waals surface area contributed by atoms with Crippen molar-refractivity contribution in [3.8, 4) is 0 Å². The van der Waals surface area contributed by atoms with Gasteiger partial charge in [-0.2, -0.15) is 0 Å². The lowest BCUT2D eigenvalue weighted by atomic mass is 10.1. The number of thioether (sulfide) groups is 1. The molecule has 0 spiro atoms. The zero-order valence-corrected chi connectivity index (χ0v) is 12.0. The lowest BCUT2D eigenvalue weighted by Crippen LogP contribution is -2.20. The molecule has 94 valence electrons. The Morgan fingerprint density at radius 3 is 2.67 bits per heavy atom. The minimum Gasteiger partial charge on any atom is -0.374 e. The molecule has 1 atom stereocenters. The molecule has 1 aromatic heterocycles. The maximum atomic E-state index is 10.8. The van der Waals surface area contributed by atoms with Crippen molar-refractivity contribution in [2.45, 2.75) is 20.0 Å². The van der Waals surface area contributed by atoms with Gasteiger partial charge in [-0.1, -0.05) is 59.5 Å². The van der Waals surface area contributed by atoms with Crippen molar-refractivity contribution >= 4 is 35.7 Å². The zero-order chi connectivity index (χ0) is 13.0. The number of aromatic nitrogens is 2. The fourth-order valence-electron chi connectivity index (χ4n) is 1.50. The number of benzene rings is 1. The average molecular weight is 296 g/mol. The Kier molecular flexibility index (Phi) is 4.45. The first-order valence-electron chi connectivity index (χ1n) is 5.24. The molecule has 1 aromatic carbocycles. The Balaban J connectivity index is 2.29. The van der Waals surface area contributed by atoms with E-state index >= 15 is 0 Å². The van der Waals surface area contributed by atoms with Crippen LogP contribution in [0.25, 0.3) is 0 Å². The van der Waals surface area contributed by atoms with Gasteiger partial charge in [0, 0.05) is 6.42 Å². The second-order valence-electron chi connectivity index (χ2n) is 3.60. The van der Waals surface area contributed by atoms with Crippen LogP contribution in [0.1, 0.15) is 12.0 Å². The summed E-state index contributed by atoms with van der Waals surface area (Å²) >= 11 is 6.74. The first-order chi connectivity index (χ1) is 8.64. The van der Waals surface area contributed by atoms with E-state index in [1.165, 1.54) is 23.1 Å². The van der Waals surface area contributed by atoms with E-state index in [0.29, 0.717) is 15.1 Å². The molecule has 0 fully saturated rings. The van der Waals surface area contributed by atoms with Gasteiger partial charge in [-0.15, -0.1) is 29.4 Å². The van der Waals surface area contributed by atoms with Gasteiger partial charge in [0.2, 0.25) is 0 Å². The number of rotatable bonds is 5. The molecule has 0 radical (unpaired) electrons. The molecule has 0 bridgehead atoms. The van der Waals surface area contributed by atoms with Crippen LogP contribution in [-0.4, -0.2) is 15.3 Å². The molecule has 18 heavy (non-hydrogen) atoms. The Morgan fingerprint density at radius 2 is 2.11 bits per heavy atom. The monoisotopic (exact) mass is 296 g/mol. The van der Waals surface area contributed by atoms with Crippen molar-refractivity contribution < 1.29 is 5.11 Å². The van der Waals surface area contributed by atoms with Crippen LogP contribution in [-0.2, 0) is 4.93 Å². The summed E-state index contributed by atoms with van der Waals surface area (Å²) in [4.78, 5) is -1.07. The topological polar surface area (TPSA) is 46.0 Å². The number of thiol groups is 1. The summed E-state index contributed by atoms with van der Waals surface area (Å²) in [7, 11) is 0. The van der Waals surface area contributed by atoms with Gasteiger partial charge >= 0.3 is 0 Å². The van der Waals surface area contributed by atoms with Crippen molar-refractivity contribution in [3.05, 3.63) is 48.6 Å². The minimum atomic E-state index is -1.07. The van der Waals surface area contributed by atoms with Crippen LogP contribution in [0.15, 0.2) is 51.7 Å². The second kappa shape index (κ2) is 5.88.